The molecule has 0 atom stereocenters. The van der Waals surface area contributed by atoms with Crippen molar-refractivity contribution in [3.05, 3.63) is 64.1 Å². The zero-order valence-electron chi connectivity index (χ0n) is 15.3. The molecule has 0 unspecified atom stereocenters. The van der Waals surface area contributed by atoms with Gasteiger partial charge < -0.3 is 14.8 Å². The number of carbonyl (C=O) groups is 3. The molecule has 1 fully saturated rings. The minimum atomic E-state index is -0.869. The molecular weight excluding hydrogens is 418 g/mol. The van der Waals surface area contributed by atoms with Crippen LogP contribution < -0.4 is 14.8 Å². The lowest BCUT2D eigenvalue weighted by atomic mass is 10.2. The fraction of sp³-hybridized carbons (Fsp3) is 0.150. The van der Waals surface area contributed by atoms with Crippen molar-refractivity contribution in [1.82, 2.24) is 10.2 Å². The summed E-state index contributed by atoms with van der Waals surface area (Å²) >= 11 is 0.774. The van der Waals surface area contributed by atoms with Crippen molar-refractivity contribution in [2.75, 3.05) is 19.9 Å². The van der Waals surface area contributed by atoms with E-state index in [-0.39, 0.29) is 24.8 Å². The third kappa shape index (κ3) is 3.99. The van der Waals surface area contributed by atoms with Crippen LogP contribution in [0.3, 0.4) is 0 Å². The molecule has 2 heterocycles. The van der Waals surface area contributed by atoms with E-state index in [4.69, 9.17) is 9.47 Å². The molecule has 0 spiro atoms. The van der Waals surface area contributed by atoms with Gasteiger partial charge >= 0.3 is 0 Å². The number of hydrogen-bond acceptors (Lipinski definition) is 6. The molecule has 2 aliphatic heterocycles. The molecule has 1 N–H and O–H groups in total. The number of rotatable bonds is 5. The summed E-state index contributed by atoms with van der Waals surface area (Å²) in [5.74, 6) is -1.81. The minimum absolute atomic E-state index is 0.105. The van der Waals surface area contributed by atoms with Crippen molar-refractivity contribution >= 4 is 34.9 Å². The Kier molecular flexibility index (Phi) is 5.40. The van der Waals surface area contributed by atoms with Crippen molar-refractivity contribution in [2.24, 2.45) is 0 Å². The predicted octanol–water partition coefficient (Wildman–Crippen LogP) is 3.16. The first-order chi connectivity index (χ1) is 14.4. The average Bonchev–Trinajstić information content (AvgIpc) is 3.29. The van der Waals surface area contributed by atoms with E-state index in [0.717, 1.165) is 34.9 Å². The molecule has 154 valence electrons. The highest BCUT2D eigenvalue weighted by atomic mass is 32.2. The van der Waals surface area contributed by atoms with Crippen molar-refractivity contribution in [2.45, 2.75) is 0 Å². The van der Waals surface area contributed by atoms with Crippen LogP contribution in [0.4, 0.5) is 13.6 Å². The van der Waals surface area contributed by atoms with Crippen LogP contribution >= 0.6 is 11.8 Å². The third-order valence-corrected chi connectivity index (χ3v) is 5.27. The first-order valence-corrected chi connectivity index (χ1v) is 9.62. The topological polar surface area (TPSA) is 84.9 Å². The highest BCUT2D eigenvalue weighted by molar-refractivity contribution is 8.18. The summed E-state index contributed by atoms with van der Waals surface area (Å²) in [5.41, 5.74) is 0.214. The molecule has 30 heavy (non-hydrogen) atoms. The molecule has 3 amide bonds. The number of nitrogens with one attached hydrogen (secondary N) is 1. The number of nitrogens with zero attached hydrogens (tertiary/aromatic N) is 1. The van der Waals surface area contributed by atoms with Gasteiger partial charge in [-0.25, -0.2) is 8.78 Å². The number of halogens is 2. The summed E-state index contributed by atoms with van der Waals surface area (Å²) in [7, 11) is 0. The summed E-state index contributed by atoms with van der Waals surface area (Å²) in [5, 5.41) is 1.89. The number of thioether (sulfide) groups is 1. The second-order valence-corrected chi connectivity index (χ2v) is 7.32. The summed E-state index contributed by atoms with van der Waals surface area (Å²) in [6, 6.07) is 7.66. The van der Waals surface area contributed by atoms with Crippen LogP contribution in [0, 0.1) is 11.6 Å². The van der Waals surface area contributed by atoms with E-state index in [1.807, 2.05) is 0 Å². The van der Waals surface area contributed by atoms with Gasteiger partial charge in [0.25, 0.3) is 17.1 Å². The maximum atomic E-state index is 13.6. The fourth-order valence-corrected chi connectivity index (χ4v) is 3.76. The molecule has 0 aromatic heterocycles. The molecule has 0 radical (unpaired) electrons. The van der Waals surface area contributed by atoms with Gasteiger partial charge in [0.05, 0.1) is 10.5 Å². The van der Waals surface area contributed by atoms with E-state index in [1.54, 1.807) is 24.3 Å². The van der Waals surface area contributed by atoms with Crippen LogP contribution in [0.15, 0.2) is 41.3 Å². The van der Waals surface area contributed by atoms with Gasteiger partial charge in [0.15, 0.2) is 11.5 Å². The maximum Gasteiger partial charge on any atom is 0.293 e. The van der Waals surface area contributed by atoms with Gasteiger partial charge in [0.1, 0.15) is 11.6 Å². The zero-order chi connectivity index (χ0) is 21.3. The normalized spacial score (nSPS) is 16.5. The maximum absolute atomic E-state index is 13.6. The van der Waals surface area contributed by atoms with Crippen molar-refractivity contribution in [3.8, 4) is 11.5 Å². The number of imide groups is 1. The highest BCUT2D eigenvalue weighted by Crippen LogP contribution is 2.36. The Morgan fingerprint density at radius 2 is 1.93 bits per heavy atom. The number of hydrogen-bond donors (Lipinski definition) is 1. The lowest BCUT2D eigenvalue weighted by Crippen LogP contribution is -2.37. The molecule has 10 heteroatoms. The second-order valence-electron chi connectivity index (χ2n) is 6.33. The monoisotopic (exact) mass is 432 g/mol. The van der Waals surface area contributed by atoms with Crippen molar-refractivity contribution in [3.63, 3.8) is 0 Å². The van der Waals surface area contributed by atoms with Crippen LogP contribution in [0.5, 0.6) is 11.5 Å². The molecule has 2 aliphatic rings. The number of benzene rings is 2. The Balaban J connectivity index is 1.38. The summed E-state index contributed by atoms with van der Waals surface area (Å²) in [4.78, 5) is 37.9. The molecule has 1 saturated heterocycles. The Bertz CT molecular complexity index is 1090. The highest BCUT2D eigenvalue weighted by Gasteiger charge is 2.34. The average molecular weight is 432 g/mol. The van der Waals surface area contributed by atoms with Gasteiger partial charge in [-0.05, 0) is 53.7 Å². The summed E-state index contributed by atoms with van der Waals surface area (Å²) in [6.07, 6.45) is 1.56. The van der Waals surface area contributed by atoms with Gasteiger partial charge in [0.2, 0.25) is 6.79 Å². The van der Waals surface area contributed by atoms with E-state index >= 15 is 0 Å². The predicted molar refractivity (Wildman–Crippen MR) is 104 cm³/mol. The third-order valence-electron chi connectivity index (χ3n) is 4.36. The van der Waals surface area contributed by atoms with Crippen LogP contribution in [0.2, 0.25) is 0 Å². The Hall–Kier alpha value is -3.40. The number of fused-ring (bicyclic) bond motifs is 1. The Morgan fingerprint density at radius 1 is 1.13 bits per heavy atom. The number of ether oxygens (including phenoxy) is 2. The van der Waals surface area contributed by atoms with Gasteiger partial charge in [-0.3, -0.25) is 19.3 Å². The quantitative estimate of drug-likeness (QED) is 0.731. The van der Waals surface area contributed by atoms with E-state index in [0.29, 0.717) is 17.1 Å². The van der Waals surface area contributed by atoms with Gasteiger partial charge in [-0.1, -0.05) is 6.07 Å². The van der Waals surface area contributed by atoms with E-state index in [9.17, 15) is 23.2 Å². The lowest BCUT2D eigenvalue weighted by Gasteiger charge is -2.13. The second kappa shape index (κ2) is 8.15. The molecule has 7 nitrogen and oxygen atoms in total. The van der Waals surface area contributed by atoms with Crippen LogP contribution in [-0.4, -0.2) is 41.8 Å². The van der Waals surface area contributed by atoms with Crippen molar-refractivity contribution < 1.29 is 32.6 Å². The molecule has 2 aromatic rings. The largest absolute Gasteiger partial charge is 0.454 e. The Morgan fingerprint density at radius 3 is 2.77 bits per heavy atom. The van der Waals surface area contributed by atoms with Crippen LogP contribution in [0.1, 0.15) is 15.9 Å². The smallest absolute Gasteiger partial charge is 0.293 e. The van der Waals surface area contributed by atoms with Crippen LogP contribution in [-0.2, 0) is 4.79 Å². The fourth-order valence-electron chi connectivity index (χ4n) is 2.90. The van der Waals surface area contributed by atoms with E-state index in [1.165, 1.54) is 0 Å². The molecular formula is C20H14F2N2O5S. The van der Waals surface area contributed by atoms with Gasteiger partial charge in [-0.15, -0.1) is 0 Å². The van der Waals surface area contributed by atoms with E-state index < -0.39 is 34.3 Å². The molecule has 2 aromatic carbocycles. The number of amides is 3. The SMILES string of the molecule is O=C(NCCN1C(=O)S/C(=C/c2ccc3c(c2)OCO3)C1=O)c1cc(F)ccc1F. The minimum Gasteiger partial charge on any atom is -0.454 e. The first-order valence-electron chi connectivity index (χ1n) is 8.80. The Labute approximate surface area is 173 Å². The molecule has 0 aliphatic carbocycles. The number of carbonyl (C=O) groups excluding carboxylic acids is 3. The zero-order valence-corrected chi connectivity index (χ0v) is 16.1. The molecule has 4 rings (SSSR count). The van der Waals surface area contributed by atoms with E-state index in [2.05, 4.69) is 5.32 Å². The standard InChI is InChI=1S/C20H14F2N2O5S/c21-12-2-3-14(22)13(9-12)18(25)23-5-6-24-19(26)17(30-20(24)27)8-11-1-4-15-16(7-11)29-10-28-15/h1-4,7-9H,5-6,10H2,(H,23,25)/b17-8+. The van der Waals surface area contributed by atoms with Gasteiger partial charge in [-0.2, -0.15) is 0 Å². The molecule has 0 bridgehead atoms. The lowest BCUT2D eigenvalue weighted by molar-refractivity contribution is -0.122. The van der Waals surface area contributed by atoms with Crippen molar-refractivity contribution in [1.29, 1.82) is 0 Å². The van der Waals surface area contributed by atoms with Gasteiger partial charge in [0, 0.05) is 13.1 Å². The summed E-state index contributed by atoms with van der Waals surface area (Å²) in [6.45, 7) is -0.0868. The van der Waals surface area contributed by atoms with Crippen LogP contribution in [0.25, 0.3) is 6.08 Å². The molecule has 0 saturated carbocycles. The first kappa shape index (κ1) is 19.9. The summed E-state index contributed by atoms with van der Waals surface area (Å²) < 4.78 is 37.4.